The number of ether oxygens (including phenoxy) is 3. The summed E-state index contributed by atoms with van der Waals surface area (Å²) in [4.78, 5) is 11.8. The number of alkyl halides is 2. The Morgan fingerprint density at radius 3 is 2.81 bits per heavy atom. The Hall–Kier alpha value is -1.73. The van der Waals surface area contributed by atoms with Crippen molar-refractivity contribution < 1.29 is 27.8 Å². The van der Waals surface area contributed by atoms with Crippen LogP contribution in [0.15, 0.2) is 24.3 Å². The summed E-state index contributed by atoms with van der Waals surface area (Å²) in [6.45, 7) is -0.919. The fraction of sp³-hybridized carbons (Fsp3) is 0.500. The lowest BCUT2D eigenvalue weighted by molar-refractivity contribution is -0.0498. The average molecular weight is 303 g/mol. The lowest BCUT2D eigenvalue weighted by atomic mass is 10.2. The molecule has 0 radical (unpaired) electrons. The van der Waals surface area contributed by atoms with E-state index in [0.717, 1.165) is 0 Å². The van der Waals surface area contributed by atoms with Gasteiger partial charge in [0.1, 0.15) is 5.75 Å². The maximum absolute atomic E-state index is 12.1. The van der Waals surface area contributed by atoms with Gasteiger partial charge in [-0.1, -0.05) is 6.07 Å². The molecule has 0 aliphatic carbocycles. The summed E-state index contributed by atoms with van der Waals surface area (Å²) in [6, 6.07) is 5.66. The first kappa shape index (κ1) is 17.3. The molecule has 0 heterocycles. The molecule has 5 nitrogen and oxygen atoms in total. The minimum absolute atomic E-state index is 0.0412. The first-order valence-corrected chi connectivity index (χ1v) is 6.53. The number of carbonyl (C=O) groups is 1. The zero-order valence-electron chi connectivity index (χ0n) is 11.8. The van der Waals surface area contributed by atoms with Gasteiger partial charge < -0.3 is 19.5 Å². The summed E-state index contributed by atoms with van der Waals surface area (Å²) in [5, 5.41) is 2.68. The fourth-order valence-electron chi connectivity index (χ4n) is 1.54. The lowest BCUT2D eigenvalue weighted by Crippen LogP contribution is -2.25. The molecule has 1 N–H and O–H groups in total. The molecule has 1 amide bonds. The third kappa shape index (κ3) is 7.57. The molecule has 0 saturated heterocycles. The van der Waals surface area contributed by atoms with Crippen molar-refractivity contribution in [2.45, 2.75) is 13.0 Å². The van der Waals surface area contributed by atoms with Crippen LogP contribution in [-0.2, 0) is 9.47 Å². The summed E-state index contributed by atoms with van der Waals surface area (Å²) in [5.41, 5.74) is 0.272. The minimum atomic E-state index is -2.91. The molecule has 0 aliphatic heterocycles. The largest absolute Gasteiger partial charge is 0.435 e. The maximum Gasteiger partial charge on any atom is 0.387 e. The zero-order chi connectivity index (χ0) is 15.5. The van der Waals surface area contributed by atoms with Crippen molar-refractivity contribution in [2.24, 2.45) is 0 Å². The molecule has 0 aliphatic rings. The minimum Gasteiger partial charge on any atom is -0.435 e. The molecule has 21 heavy (non-hydrogen) atoms. The van der Waals surface area contributed by atoms with E-state index < -0.39 is 6.61 Å². The van der Waals surface area contributed by atoms with Gasteiger partial charge in [-0.2, -0.15) is 8.78 Å². The van der Waals surface area contributed by atoms with E-state index in [9.17, 15) is 13.6 Å². The third-order valence-electron chi connectivity index (χ3n) is 2.50. The van der Waals surface area contributed by atoms with E-state index in [-0.39, 0.29) is 17.2 Å². The number of amides is 1. The summed E-state index contributed by atoms with van der Waals surface area (Å²) in [7, 11) is 1.59. The van der Waals surface area contributed by atoms with Gasteiger partial charge in [0.15, 0.2) is 0 Å². The second kappa shape index (κ2) is 10.1. The van der Waals surface area contributed by atoms with Gasteiger partial charge in [-0.25, -0.2) is 0 Å². The molecule has 0 bridgehead atoms. The molecule has 0 atom stereocenters. The maximum atomic E-state index is 12.1. The molecule has 7 heteroatoms. The molecular formula is C14H19F2NO4. The van der Waals surface area contributed by atoms with E-state index in [1.807, 2.05) is 0 Å². The molecule has 0 fully saturated rings. The number of rotatable bonds is 10. The van der Waals surface area contributed by atoms with Gasteiger partial charge in [-0.3, -0.25) is 4.79 Å². The highest BCUT2D eigenvalue weighted by molar-refractivity contribution is 5.94. The number of nitrogens with one attached hydrogen (secondary N) is 1. The van der Waals surface area contributed by atoms with E-state index in [2.05, 4.69) is 10.1 Å². The number of methoxy groups -OCH3 is 1. The van der Waals surface area contributed by atoms with Crippen LogP contribution in [0.5, 0.6) is 5.75 Å². The molecular weight excluding hydrogens is 284 g/mol. The van der Waals surface area contributed by atoms with Crippen LogP contribution in [0.2, 0.25) is 0 Å². The summed E-state index contributed by atoms with van der Waals surface area (Å²) >= 11 is 0. The van der Waals surface area contributed by atoms with Crippen molar-refractivity contribution in [1.82, 2.24) is 5.32 Å². The topological polar surface area (TPSA) is 56.8 Å². The first-order chi connectivity index (χ1) is 10.1. The second-order valence-corrected chi connectivity index (χ2v) is 4.12. The van der Waals surface area contributed by atoms with Crippen molar-refractivity contribution in [3.05, 3.63) is 29.8 Å². The van der Waals surface area contributed by atoms with Crippen molar-refractivity contribution in [3.8, 4) is 5.75 Å². The van der Waals surface area contributed by atoms with E-state index >= 15 is 0 Å². The Morgan fingerprint density at radius 1 is 1.29 bits per heavy atom. The summed E-state index contributed by atoms with van der Waals surface area (Å²) < 4.78 is 38.5. The van der Waals surface area contributed by atoms with Crippen LogP contribution >= 0.6 is 0 Å². The Balaban J connectivity index is 2.28. The van der Waals surface area contributed by atoms with Gasteiger partial charge in [0.2, 0.25) is 0 Å². The van der Waals surface area contributed by atoms with Crippen molar-refractivity contribution in [1.29, 1.82) is 0 Å². The summed E-state index contributed by atoms with van der Waals surface area (Å²) in [5.74, 6) is -0.382. The fourth-order valence-corrected chi connectivity index (χ4v) is 1.54. The lowest BCUT2D eigenvalue weighted by Gasteiger charge is -2.08. The summed E-state index contributed by atoms with van der Waals surface area (Å²) in [6.07, 6.45) is 0.655. The standard InChI is InChI=1S/C14H19F2NO4/c1-19-8-9-20-7-3-6-17-13(18)11-4-2-5-12(10-11)21-14(15)16/h2,4-5,10,14H,3,6-9H2,1H3,(H,17,18). The van der Waals surface area contributed by atoms with Gasteiger partial charge in [-0.05, 0) is 24.6 Å². The van der Waals surface area contributed by atoms with Crippen LogP contribution < -0.4 is 10.1 Å². The number of hydrogen-bond donors (Lipinski definition) is 1. The van der Waals surface area contributed by atoms with Crippen LogP contribution in [-0.4, -0.2) is 46.0 Å². The van der Waals surface area contributed by atoms with Gasteiger partial charge in [0.25, 0.3) is 5.91 Å². The first-order valence-electron chi connectivity index (χ1n) is 6.53. The third-order valence-corrected chi connectivity index (χ3v) is 2.50. The monoisotopic (exact) mass is 303 g/mol. The zero-order valence-corrected chi connectivity index (χ0v) is 11.8. The number of benzene rings is 1. The molecule has 0 saturated carbocycles. The normalized spacial score (nSPS) is 10.7. The van der Waals surface area contributed by atoms with Crippen LogP contribution in [0, 0.1) is 0 Å². The van der Waals surface area contributed by atoms with Crippen molar-refractivity contribution >= 4 is 5.91 Å². The second-order valence-electron chi connectivity index (χ2n) is 4.12. The Labute approximate surface area is 122 Å². The number of halogens is 2. The molecule has 0 unspecified atom stereocenters. The predicted molar refractivity (Wildman–Crippen MR) is 72.7 cm³/mol. The van der Waals surface area contributed by atoms with Gasteiger partial charge in [-0.15, -0.1) is 0 Å². The average Bonchev–Trinajstić information content (AvgIpc) is 2.45. The highest BCUT2D eigenvalue weighted by atomic mass is 19.3. The van der Waals surface area contributed by atoms with Crippen LogP contribution in [0.25, 0.3) is 0 Å². The van der Waals surface area contributed by atoms with Gasteiger partial charge in [0.05, 0.1) is 13.2 Å². The van der Waals surface area contributed by atoms with Crippen LogP contribution in [0.1, 0.15) is 16.8 Å². The number of carbonyl (C=O) groups excluding carboxylic acids is 1. The molecule has 0 spiro atoms. The van der Waals surface area contributed by atoms with E-state index in [1.54, 1.807) is 7.11 Å². The number of hydrogen-bond acceptors (Lipinski definition) is 4. The molecule has 1 rings (SSSR count). The van der Waals surface area contributed by atoms with E-state index in [4.69, 9.17) is 9.47 Å². The van der Waals surface area contributed by atoms with Gasteiger partial charge in [0, 0.05) is 25.8 Å². The van der Waals surface area contributed by atoms with E-state index in [1.165, 1.54) is 24.3 Å². The van der Waals surface area contributed by atoms with Crippen LogP contribution in [0.3, 0.4) is 0 Å². The van der Waals surface area contributed by atoms with Gasteiger partial charge >= 0.3 is 6.61 Å². The Kier molecular flexibility index (Phi) is 8.30. The Bertz CT molecular complexity index is 429. The quantitative estimate of drug-likeness (QED) is 0.672. The van der Waals surface area contributed by atoms with E-state index in [0.29, 0.717) is 32.8 Å². The van der Waals surface area contributed by atoms with Crippen LogP contribution in [0.4, 0.5) is 8.78 Å². The highest BCUT2D eigenvalue weighted by Gasteiger charge is 2.08. The molecule has 0 aromatic heterocycles. The van der Waals surface area contributed by atoms with Crippen molar-refractivity contribution in [2.75, 3.05) is 33.5 Å². The molecule has 1 aromatic carbocycles. The SMILES string of the molecule is COCCOCCCNC(=O)c1cccc(OC(F)F)c1. The predicted octanol–water partition coefficient (Wildman–Crippen LogP) is 2.07. The smallest absolute Gasteiger partial charge is 0.387 e. The van der Waals surface area contributed by atoms with Crippen molar-refractivity contribution in [3.63, 3.8) is 0 Å². The highest BCUT2D eigenvalue weighted by Crippen LogP contribution is 2.15. The molecule has 1 aromatic rings. The molecule has 118 valence electrons. The Morgan fingerprint density at radius 2 is 2.10 bits per heavy atom.